The Morgan fingerprint density at radius 1 is 1.45 bits per heavy atom. The molecule has 5 nitrogen and oxygen atoms in total. The van der Waals surface area contributed by atoms with Crippen LogP contribution in [0.5, 0.6) is 0 Å². The molecule has 0 aliphatic carbocycles. The summed E-state index contributed by atoms with van der Waals surface area (Å²) < 4.78 is 1.08. The van der Waals surface area contributed by atoms with Gasteiger partial charge < -0.3 is 11.1 Å². The number of nitrogens with two attached hydrogens (primary N) is 1. The van der Waals surface area contributed by atoms with Gasteiger partial charge in [-0.2, -0.15) is 0 Å². The molecule has 6 heteroatoms. The van der Waals surface area contributed by atoms with Gasteiger partial charge in [0.05, 0.1) is 12.5 Å². The van der Waals surface area contributed by atoms with Gasteiger partial charge in [0, 0.05) is 15.8 Å². The number of carbonyl (C=O) groups is 2. The lowest BCUT2D eigenvalue weighted by molar-refractivity contribution is -0.125. The zero-order valence-electron chi connectivity index (χ0n) is 11.1. The van der Waals surface area contributed by atoms with E-state index >= 15 is 0 Å². The summed E-state index contributed by atoms with van der Waals surface area (Å²) in [7, 11) is 0. The number of halogens is 1. The molecule has 1 saturated heterocycles. The molecule has 1 aromatic rings. The highest BCUT2D eigenvalue weighted by Gasteiger charge is 2.25. The van der Waals surface area contributed by atoms with Crippen LogP contribution in [0, 0.1) is 9.49 Å². The van der Waals surface area contributed by atoms with Crippen LogP contribution in [0.1, 0.15) is 12.8 Å². The van der Waals surface area contributed by atoms with E-state index in [4.69, 9.17) is 5.73 Å². The fourth-order valence-electron chi connectivity index (χ4n) is 2.40. The van der Waals surface area contributed by atoms with Gasteiger partial charge in [0.2, 0.25) is 11.8 Å². The number of likely N-dealkylation sites (tertiary alicyclic amines) is 1. The second-order valence-electron chi connectivity index (χ2n) is 5.04. The molecule has 0 unspecified atom stereocenters. The second kappa shape index (κ2) is 7.03. The molecule has 0 spiro atoms. The van der Waals surface area contributed by atoms with E-state index in [1.54, 1.807) is 0 Å². The molecular weight excluding hydrogens is 369 g/mol. The molecule has 0 radical (unpaired) electrons. The van der Waals surface area contributed by atoms with Crippen LogP contribution in [0.4, 0.5) is 5.69 Å². The normalized spacial score (nSPS) is 19.6. The third kappa shape index (κ3) is 4.45. The number of rotatable bonds is 4. The van der Waals surface area contributed by atoms with Crippen LogP contribution in [0.25, 0.3) is 0 Å². The highest BCUT2D eigenvalue weighted by Crippen LogP contribution is 2.16. The SMILES string of the molecule is NC(=O)[C@@H]1CCCN(CC(=O)Nc2cccc(I)c2)C1. The summed E-state index contributed by atoms with van der Waals surface area (Å²) in [5.74, 6) is -0.459. The smallest absolute Gasteiger partial charge is 0.238 e. The molecule has 1 heterocycles. The molecule has 1 fully saturated rings. The lowest BCUT2D eigenvalue weighted by atomic mass is 9.97. The van der Waals surface area contributed by atoms with Gasteiger partial charge >= 0.3 is 0 Å². The number of benzene rings is 1. The predicted molar refractivity (Wildman–Crippen MR) is 86.1 cm³/mol. The van der Waals surface area contributed by atoms with Crippen LogP contribution in [-0.2, 0) is 9.59 Å². The van der Waals surface area contributed by atoms with E-state index in [1.807, 2.05) is 29.2 Å². The zero-order chi connectivity index (χ0) is 14.5. The Bertz CT molecular complexity index is 507. The van der Waals surface area contributed by atoms with Crippen molar-refractivity contribution in [1.29, 1.82) is 0 Å². The van der Waals surface area contributed by atoms with E-state index in [0.717, 1.165) is 28.6 Å². The summed E-state index contributed by atoms with van der Waals surface area (Å²) in [6.45, 7) is 1.72. The molecule has 0 aromatic heterocycles. The first kappa shape index (κ1) is 15.2. The number of piperidine rings is 1. The summed E-state index contributed by atoms with van der Waals surface area (Å²) in [5, 5.41) is 2.87. The van der Waals surface area contributed by atoms with Gasteiger partial charge in [-0.05, 0) is 60.2 Å². The fourth-order valence-corrected chi connectivity index (χ4v) is 2.94. The minimum atomic E-state index is -0.271. The quantitative estimate of drug-likeness (QED) is 0.768. The van der Waals surface area contributed by atoms with Gasteiger partial charge in [-0.3, -0.25) is 14.5 Å². The van der Waals surface area contributed by atoms with Crippen LogP contribution in [-0.4, -0.2) is 36.3 Å². The number of nitrogens with zero attached hydrogens (tertiary/aromatic N) is 1. The first-order chi connectivity index (χ1) is 9.54. The molecule has 108 valence electrons. The van der Waals surface area contributed by atoms with E-state index < -0.39 is 0 Å². The molecule has 2 rings (SSSR count). The Kier molecular flexibility index (Phi) is 5.36. The minimum absolute atomic E-state index is 0.0582. The number of amides is 2. The first-order valence-corrected chi connectivity index (χ1v) is 7.69. The molecule has 0 bridgehead atoms. The van der Waals surface area contributed by atoms with Crippen molar-refractivity contribution in [2.24, 2.45) is 11.7 Å². The Morgan fingerprint density at radius 3 is 2.95 bits per heavy atom. The third-order valence-corrected chi connectivity index (χ3v) is 4.05. The third-order valence-electron chi connectivity index (χ3n) is 3.38. The van der Waals surface area contributed by atoms with Crippen molar-refractivity contribution in [2.45, 2.75) is 12.8 Å². The van der Waals surface area contributed by atoms with E-state index in [-0.39, 0.29) is 17.7 Å². The van der Waals surface area contributed by atoms with Crippen LogP contribution >= 0.6 is 22.6 Å². The average Bonchev–Trinajstić information content (AvgIpc) is 2.38. The number of carbonyl (C=O) groups excluding carboxylic acids is 2. The molecule has 3 N–H and O–H groups in total. The summed E-state index contributed by atoms with van der Waals surface area (Å²) in [5.41, 5.74) is 6.13. The van der Waals surface area contributed by atoms with E-state index in [0.29, 0.717) is 13.1 Å². The van der Waals surface area contributed by atoms with Crippen molar-refractivity contribution < 1.29 is 9.59 Å². The van der Waals surface area contributed by atoms with Gasteiger partial charge in [-0.15, -0.1) is 0 Å². The maximum atomic E-state index is 12.0. The van der Waals surface area contributed by atoms with Crippen LogP contribution in [0.3, 0.4) is 0 Å². The van der Waals surface area contributed by atoms with Crippen molar-refractivity contribution >= 4 is 40.1 Å². The Balaban J connectivity index is 1.86. The Hall–Kier alpha value is -1.15. The summed E-state index contributed by atoms with van der Waals surface area (Å²) in [4.78, 5) is 25.2. The molecule has 1 atom stereocenters. The maximum absolute atomic E-state index is 12.0. The largest absolute Gasteiger partial charge is 0.369 e. The molecule has 0 saturated carbocycles. The van der Waals surface area contributed by atoms with Crippen molar-refractivity contribution in [3.05, 3.63) is 27.8 Å². The standard InChI is InChI=1S/C14H18IN3O2/c15-11-4-1-5-12(7-11)17-13(19)9-18-6-2-3-10(8-18)14(16)20/h1,4-5,7,10H,2-3,6,8-9H2,(H2,16,20)(H,17,19)/t10-/m1/s1. The van der Waals surface area contributed by atoms with Crippen molar-refractivity contribution in [3.8, 4) is 0 Å². The van der Waals surface area contributed by atoms with Gasteiger partial charge in [0.25, 0.3) is 0 Å². The average molecular weight is 387 g/mol. The number of hydrogen-bond donors (Lipinski definition) is 2. The molecular formula is C14H18IN3O2. The second-order valence-corrected chi connectivity index (χ2v) is 6.28. The van der Waals surface area contributed by atoms with E-state index in [2.05, 4.69) is 27.9 Å². The van der Waals surface area contributed by atoms with E-state index in [9.17, 15) is 9.59 Å². The van der Waals surface area contributed by atoms with Crippen LogP contribution in [0.2, 0.25) is 0 Å². The van der Waals surface area contributed by atoms with E-state index in [1.165, 1.54) is 0 Å². The lowest BCUT2D eigenvalue weighted by Crippen LogP contribution is -2.44. The molecule has 1 aliphatic heterocycles. The number of primary amides is 1. The zero-order valence-corrected chi connectivity index (χ0v) is 13.3. The molecule has 2 amide bonds. The maximum Gasteiger partial charge on any atom is 0.238 e. The number of hydrogen-bond acceptors (Lipinski definition) is 3. The minimum Gasteiger partial charge on any atom is -0.369 e. The van der Waals surface area contributed by atoms with Crippen molar-refractivity contribution in [2.75, 3.05) is 25.0 Å². The Labute approximate surface area is 132 Å². The van der Waals surface area contributed by atoms with Gasteiger partial charge in [-0.1, -0.05) is 6.07 Å². The van der Waals surface area contributed by atoms with Crippen LogP contribution in [0.15, 0.2) is 24.3 Å². The Morgan fingerprint density at radius 2 is 2.25 bits per heavy atom. The summed E-state index contributed by atoms with van der Waals surface area (Å²) >= 11 is 2.20. The lowest BCUT2D eigenvalue weighted by Gasteiger charge is -2.30. The fraction of sp³-hybridized carbons (Fsp3) is 0.429. The summed E-state index contributed by atoms with van der Waals surface area (Å²) in [6, 6.07) is 7.66. The highest BCUT2D eigenvalue weighted by atomic mass is 127. The number of anilines is 1. The van der Waals surface area contributed by atoms with Crippen LogP contribution < -0.4 is 11.1 Å². The molecule has 1 aromatic carbocycles. The van der Waals surface area contributed by atoms with Gasteiger partial charge in [-0.25, -0.2) is 0 Å². The van der Waals surface area contributed by atoms with Crippen molar-refractivity contribution in [1.82, 2.24) is 4.90 Å². The highest BCUT2D eigenvalue weighted by molar-refractivity contribution is 14.1. The number of nitrogens with one attached hydrogen (secondary N) is 1. The first-order valence-electron chi connectivity index (χ1n) is 6.61. The monoisotopic (exact) mass is 387 g/mol. The van der Waals surface area contributed by atoms with Crippen molar-refractivity contribution in [3.63, 3.8) is 0 Å². The van der Waals surface area contributed by atoms with Gasteiger partial charge in [0.15, 0.2) is 0 Å². The molecule has 20 heavy (non-hydrogen) atoms. The summed E-state index contributed by atoms with van der Waals surface area (Å²) in [6.07, 6.45) is 1.73. The van der Waals surface area contributed by atoms with Gasteiger partial charge in [0.1, 0.15) is 0 Å². The predicted octanol–water partition coefficient (Wildman–Crippen LogP) is 1.43. The topological polar surface area (TPSA) is 75.4 Å². The molecule has 1 aliphatic rings.